The van der Waals surface area contributed by atoms with Crippen LogP contribution in [-0.4, -0.2) is 84.2 Å². The van der Waals surface area contributed by atoms with Gasteiger partial charge in [0.2, 0.25) is 0 Å². The summed E-state index contributed by atoms with van der Waals surface area (Å²) in [6, 6.07) is 8.18. The zero-order valence-corrected chi connectivity index (χ0v) is 22.6. The zero-order chi connectivity index (χ0) is 24.9. The monoisotopic (exact) mass is 520 g/mol. The lowest BCUT2D eigenvalue weighted by Gasteiger charge is -2.34. The number of carbonyl (C=O) groups excluding carboxylic acids is 1. The summed E-state index contributed by atoms with van der Waals surface area (Å²) in [5.74, 6) is 3.43. The second-order valence-corrected chi connectivity index (χ2v) is 9.15. The number of benzene rings is 2. The Balaban J connectivity index is 0.00000361. The van der Waals surface area contributed by atoms with Crippen molar-refractivity contribution >= 4 is 18.5 Å². The van der Waals surface area contributed by atoms with Crippen molar-refractivity contribution in [3.8, 4) is 23.0 Å². The van der Waals surface area contributed by atoms with Gasteiger partial charge in [0.05, 0.1) is 28.4 Å². The Morgan fingerprint density at radius 1 is 0.861 bits per heavy atom. The maximum absolute atomic E-state index is 12.7. The third-order valence-corrected chi connectivity index (χ3v) is 7.05. The van der Waals surface area contributed by atoms with Crippen molar-refractivity contribution in [1.82, 2.24) is 9.80 Å². The highest BCUT2D eigenvalue weighted by Crippen LogP contribution is 2.42. The van der Waals surface area contributed by atoms with Crippen molar-refractivity contribution < 1.29 is 28.5 Å². The lowest BCUT2D eigenvalue weighted by molar-refractivity contribution is 0.0939. The summed E-state index contributed by atoms with van der Waals surface area (Å²) in [5, 5.41) is 0. The number of rotatable bonds is 9. The molecular weight excluding hydrogens is 484 g/mol. The van der Waals surface area contributed by atoms with Gasteiger partial charge in [0.15, 0.2) is 23.0 Å². The predicted molar refractivity (Wildman–Crippen MR) is 141 cm³/mol. The molecule has 2 aliphatic rings. The van der Waals surface area contributed by atoms with Crippen LogP contribution in [0.5, 0.6) is 23.0 Å². The summed E-state index contributed by atoms with van der Waals surface area (Å²) in [5.41, 5.74) is 4.99. The Kier molecular flexibility index (Phi) is 9.56. The molecule has 0 saturated carbocycles. The number of likely N-dealkylation sites (N-methyl/N-ethyl adjacent to an activating group) is 1. The average molecular weight is 521 g/mol. The summed E-state index contributed by atoms with van der Waals surface area (Å²) in [6.45, 7) is 3.21. The van der Waals surface area contributed by atoms with Crippen molar-refractivity contribution in [3.05, 3.63) is 46.5 Å². The number of nitrogens with zero attached hydrogens (tertiary/aromatic N) is 2. The first-order valence-electron chi connectivity index (χ1n) is 12.1. The molecule has 2 aromatic carbocycles. The first kappa shape index (κ1) is 27.7. The highest BCUT2D eigenvalue weighted by Gasteiger charge is 2.29. The van der Waals surface area contributed by atoms with Crippen LogP contribution < -0.4 is 18.9 Å². The van der Waals surface area contributed by atoms with Gasteiger partial charge < -0.3 is 33.5 Å². The summed E-state index contributed by atoms with van der Waals surface area (Å²) in [7, 11) is 8.66. The maximum atomic E-state index is 12.7. The van der Waals surface area contributed by atoms with Gasteiger partial charge in [-0.3, -0.25) is 0 Å². The fourth-order valence-electron chi connectivity index (χ4n) is 4.98. The number of halogens is 1. The minimum atomic E-state index is -0.254. The second-order valence-electron chi connectivity index (χ2n) is 9.15. The molecule has 2 aromatic rings. The molecule has 0 fully saturated rings. The standard InChI is InChI=1S/C27H36N2O6.ClH/c1-28(17-21-12-20-15-25(33-4)26(34-5)16-22(20)21)10-11-35-27(30)29-8-6-18-13-23(31-2)24(32-3)14-19(18)7-9-29;/h13-16,21H,6-12,17H2,1-5H3;1H/t21-;/m0./s1. The van der Waals surface area contributed by atoms with Crippen molar-refractivity contribution in [1.29, 1.82) is 0 Å². The van der Waals surface area contributed by atoms with E-state index in [1.165, 1.54) is 22.3 Å². The molecule has 1 aliphatic carbocycles. The van der Waals surface area contributed by atoms with Crippen LogP contribution in [0.3, 0.4) is 0 Å². The quantitative estimate of drug-likeness (QED) is 0.496. The molecule has 0 aromatic heterocycles. The Labute approximate surface area is 219 Å². The first-order valence-corrected chi connectivity index (χ1v) is 12.1. The van der Waals surface area contributed by atoms with E-state index in [1.54, 1.807) is 33.3 Å². The van der Waals surface area contributed by atoms with Gasteiger partial charge >= 0.3 is 6.09 Å². The number of hydrogen-bond donors (Lipinski definition) is 0. The van der Waals surface area contributed by atoms with E-state index in [-0.39, 0.29) is 18.5 Å². The third kappa shape index (κ3) is 5.93. The molecule has 1 aliphatic heterocycles. The Hall–Kier alpha value is -2.84. The second kappa shape index (κ2) is 12.4. The fourth-order valence-corrected chi connectivity index (χ4v) is 4.98. The van der Waals surface area contributed by atoms with Crippen LogP contribution in [0.2, 0.25) is 0 Å². The van der Waals surface area contributed by atoms with Gasteiger partial charge in [0.25, 0.3) is 0 Å². The number of carbonyl (C=O) groups is 1. The summed E-state index contributed by atoms with van der Waals surface area (Å²) in [6.07, 6.45) is 2.29. The Bertz CT molecular complexity index is 1030. The third-order valence-electron chi connectivity index (χ3n) is 7.05. The summed E-state index contributed by atoms with van der Waals surface area (Å²) < 4.78 is 27.3. The van der Waals surface area contributed by atoms with Crippen molar-refractivity contribution in [2.45, 2.75) is 25.2 Å². The molecule has 9 heteroatoms. The van der Waals surface area contributed by atoms with Crippen LogP contribution in [-0.2, 0) is 24.0 Å². The molecule has 1 atom stereocenters. The van der Waals surface area contributed by atoms with Crippen LogP contribution in [0.4, 0.5) is 4.79 Å². The van der Waals surface area contributed by atoms with E-state index in [0.29, 0.717) is 32.2 Å². The smallest absolute Gasteiger partial charge is 0.409 e. The lowest BCUT2D eigenvalue weighted by atomic mass is 9.77. The molecular formula is C27H37ClN2O6. The number of amides is 1. The van der Waals surface area contributed by atoms with Gasteiger partial charge in [0, 0.05) is 32.1 Å². The molecule has 8 nitrogen and oxygen atoms in total. The molecule has 0 unspecified atom stereocenters. The molecule has 0 radical (unpaired) electrons. The van der Waals surface area contributed by atoms with Crippen LogP contribution in [0.15, 0.2) is 24.3 Å². The van der Waals surface area contributed by atoms with Crippen molar-refractivity contribution in [3.63, 3.8) is 0 Å². The molecule has 1 heterocycles. The zero-order valence-electron chi connectivity index (χ0n) is 21.8. The molecule has 198 valence electrons. The van der Waals surface area contributed by atoms with Gasteiger partial charge in [-0.05, 0) is 72.8 Å². The van der Waals surface area contributed by atoms with Gasteiger partial charge in [-0.1, -0.05) is 0 Å². The SMILES string of the molecule is COc1cc2c(cc1OC)CCN(C(=O)OCCN(C)C[C@@H]1Cc3cc(OC)c(OC)cc31)CC2.Cl. The van der Waals surface area contributed by atoms with E-state index in [4.69, 9.17) is 23.7 Å². The molecule has 4 rings (SSSR count). The summed E-state index contributed by atoms with van der Waals surface area (Å²) in [4.78, 5) is 16.7. The summed E-state index contributed by atoms with van der Waals surface area (Å²) >= 11 is 0. The minimum absolute atomic E-state index is 0. The molecule has 0 spiro atoms. The molecule has 0 saturated heterocycles. The van der Waals surface area contributed by atoms with Gasteiger partial charge in [-0.15, -0.1) is 12.4 Å². The van der Waals surface area contributed by atoms with Gasteiger partial charge in [-0.2, -0.15) is 0 Å². The van der Waals surface area contributed by atoms with Crippen LogP contribution in [0.1, 0.15) is 28.2 Å². The molecule has 36 heavy (non-hydrogen) atoms. The van der Waals surface area contributed by atoms with E-state index in [1.807, 2.05) is 12.1 Å². The van der Waals surface area contributed by atoms with Crippen LogP contribution in [0.25, 0.3) is 0 Å². The number of fused-ring (bicyclic) bond motifs is 2. The van der Waals surface area contributed by atoms with E-state index in [9.17, 15) is 4.79 Å². The molecule has 0 bridgehead atoms. The van der Waals surface area contributed by atoms with Crippen LogP contribution >= 0.6 is 12.4 Å². The number of hydrogen-bond acceptors (Lipinski definition) is 7. The van der Waals surface area contributed by atoms with E-state index in [0.717, 1.165) is 48.8 Å². The number of ether oxygens (including phenoxy) is 5. The maximum Gasteiger partial charge on any atom is 0.409 e. The van der Waals surface area contributed by atoms with E-state index < -0.39 is 0 Å². The van der Waals surface area contributed by atoms with E-state index in [2.05, 4.69) is 24.1 Å². The number of methoxy groups -OCH3 is 4. The largest absolute Gasteiger partial charge is 0.493 e. The fraction of sp³-hybridized carbons (Fsp3) is 0.519. The van der Waals surface area contributed by atoms with Crippen molar-refractivity contribution in [2.75, 3.05) is 68.3 Å². The first-order chi connectivity index (χ1) is 17.0. The lowest BCUT2D eigenvalue weighted by Crippen LogP contribution is -2.37. The normalized spacial score (nSPS) is 16.1. The Morgan fingerprint density at radius 3 is 1.89 bits per heavy atom. The van der Waals surface area contributed by atoms with Gasteiger partial charge in [-0.25, -0.2) is 4.79 Å². The predicted octanol–water partition coefficient (Wildman–Crippen LogP) is 3.95. The van der Waals surface area contributed by atoms with Crippen LogP contribution in [0, 0.1) is 0 Å². The molecule has 1 amide bonds. The average Bonchev–Trinajstić information content (AvgIpc) is 3.08. The molecule has 0 N–H and O–H groups in total. The van der Waals surface area contributed by atoms with Gasteiger partial charge in [0.1, 0.15) is 6.61 Å². The van der Waals surface area contributed by atoms with E-state index >= 15 is 0 Å². The van der Waals surface area contributed by atoms with Crippen molar-refractivity contribution in [2.24, 2.45) is 0 Å². The minimum Gasteiger partial charge on any atom is -0.493 e. The highest BCUT2D eigenvalue weighted by molar-refractivity contribution is 5.85. The highest BCUT2D eigenvalue weighted by atomic mass is 35.5. The topological polar surface area (TPSA) is 69.7 Å². The Morgan fingerprint density at radius 2 is 1.36 bits per heavy atom.